The van der Waals surface area contributed by atoms with E-state index in [2.05, 4.69) is 13.8 Å². The average molecular weight is 376 g/mol. The van der Waals surface area contributed by atoms with Crippen LogP contribution in [0.2, 0.25) is 0 Å². The molecule has 4 aliphatic carbocycles. The van der Waals surface area contributed by atoms with E-state index in [1.807, 2.05) is 0 Å². The Bertz CT molecular complexity index is 780. The lowest BCUT2D eigenvalue weighted by Gasteiger charge is -2.45. The monoisotopic (exact) mass is 376 g/mol. The molecule has 7 atom stereocenters. The van der Waals surface area contributed by atoms with Gasteiger partial charge in [0.2, 0.25) is 0 Å². The van der Waals surface area contributed by atoms with Crippen LogP contribution < -0.4 is 0 Å². The van der Waals surface area contributed by atoms with Gasteiger partial charge >= 0.3 is 5.97 Å². The van der Waals surface area contributed by atoms with E-state index in [0.29, 0.717) is 17.9 Å². The Morgan fingerprint density at radius 2 is 1.96 bits per heavy atom. The number of methoxy groups -OCH3 is 1. The van der Waals surface area contributed by atoms with Gasteiger partial charge in [0.25, 0.3) is 0 Å². The zero-order valence-electron chi connectivity index (χ0n) is 16.2. The number of aliphatic hydroxyl groups excluding tert-OH is 2. The molecule has 6 heteroatoms. The van der Waals surface area contributed by atoms with Gasteiger partial charge in [-0.25, -0.2) is 0 Å². The van der Waals surface area contributed by atoms with Gasteiger partial charge in [0.05, 0.1) is 18.9 Å². The van der Waals surface area contributed by atoms with Gasteiger partial charge in [-0.2, -0.15) is 0 Å². The van der Waals surface area contributed by atoms with Gasteiger partial charge in [0.15, 0.2) is 5.78 Å². The molecule has 0 aromatic carbocycles. The summed E-state index contributed by atoms with van der Waals surface area (Å²) in [5.41, 5.74) is -2.66. The Kier molecular flexibility index (Phi) is 3.85. The highest BCUT2D eigenvalue weighted by Crippen LogP contribution is 2.70. The molecule has 0 amide bonds. The smallest absolute Gasteiger partial charge is 0.309 e. The molecular weight excluding hydrogens is 348 g/mol. The fourth-order valence-electron chi connectivity index (χ4n) is 6.30. The van der Waals surface area contributed by atoms with E-state index in [1.54, 1.807) is 19.1 Å². The lowest BCUT2D eigenvalue weighted by molar-refractivity contribution is -0.181. The van der Waals surface area contributed by atoms with Crippen LogP contribution in [-0.4, -0.2) is 52.0 Å². The normalized spacial score (nSPS) is 47.1. The van der Waals surface area contributed by atoms with Crippen LogP contribution in [0.4, 0.5) is 0 Å². The van der Waals surface area contributed by atoms with Crippen LogP contribution in [0.15, 0.2) is 23.3 Å². The summed E-state index contributed by atoms with van der Waals surface area (Å²) in [5, 5.41) is 33.5. The SMILES string of the molecule is COC(=O)CC1=C[C@H]2C(=O)[C@]3(C=C(C)[C@H](O)[C@@]3(O)[C@@H]1O)CC[C@@H]1[C@H]2C1(C)C. The molecular formula is C21H28O6. The van der Waals surface area contributed by atoms with E-state index in [0.717, 1.165) is 6.42 Å². The Morgan fingerprint density at radius 3 is 2.59 bits per heavy atom. The van der Waals surface area contributed by atoms with E-state index in [1.165, 1.54) is 7.11 Å². The highest BCUT2D eigenvalue weighted by molar-refractivity contribution is 5.95. The molecule has 0 saturated heterocycles. The van der Waals surface area contributed by atoms with E-state index in [4.69, 9.17) is 4.74 Å². The predicted octanol–water partition coefficient (Wildman–Crippen LogP) is 1.14. The Balaban J connectivity index is 1.90. The van der Waals surface area contributed by atoms with Crippen molar-refractivity contribution >= 4 is 11.8 Å². The van der Waals surface area contributed by atoms with Crippen molar-refractivity contribution in [1.82, 2.24) is 0 Å². The molecule has 0 aromatic rings. The number of carbonyl (C=O) groups is 2. The van der Waals surface area contributed by atoms with Gasteiger partial charge in [-0.15, -0.1) is 0 Å². The Morgan fingerprint density at radius 1 is 1.30 bits per heavy atom. The number of rotatable bonds is 2. The summed E-state index contributed by atoms with van der Waals surface area (Å²) in [5.74, 6) is -0.753. The second kappa shape index (κ2) is 5.52. The highest BCUT2D eigenvalue weighted by atomic mass is 16.5. The molecule has 148 valence electrons. The van der Waals surface area contributed by atoms with E-state index >= 15 is 0 Å². The molecule has 0 aliphatic heterocycles. The van der Waals surface area contributed by atoms with Crippen molar-refractivity contribution in [3.05, 3.63) is 23.3 Å². The summed E-state index contributed by atoms with van der Waals surface area (Å²) >= 11 is 0. The molecule has 1 spiro atoms. The molecule has 2 fully saturated rings. The quantitative estimate of drug-likeness (QED) is 0.493. The zero-order chi connectivity index (χ0) is 19.9. The molecule has 4 rings (SSSR count). The number of hydrogen-bond acceptors (Lipinski definition) is 6. The number of ether oxygens (including phenoxy) is 1. The van der Waals surface area contributed by atoms with Crippen molar-refractivity contribution in [2.24, 2.45) is 28.6 Å². The van der Waals surface area contributed by atoms with Crippen LogP contribution in [-0.2, 0) is 14.3 Å². The molecule has 27 heavy (non-hydrogen) atoms. The van der Waals surface area contributed by atoms with Gasteiger partial charge in [-0.3, -0.25) is 9.59 Å². The summed E-state index contributed by atoms with van der Waals surface area (Å²) in [6, 6.07) is 0. The third-order valence-electron chi connectivity index (χ3n) is 7.89. The number of carbonyl (C=O) groups excluding carboxylic acids is 2. The van der Waals surface area contributed by atoms with Crippen molar-refractivity contribution in [3.8, 4) is 0 Å². The number of aliphatic hydroxyl groups is 3. The van der Waals surface area contributed by atoms with Crippen molar-refractivity contribution in [1.29, 1.82) is 0 Å². The molecule has 2 bridgehead atoms. The fourth-order valence-corrected chi connectivity index (χ4v) is 6.30. The van der Waals surface area contributed by atoms with Gasteiger partial charge in [0, 0.05) is 5.92 Å². The number of Topliss-reactive ketones (excluding diaryl/α,β-unsaturated/α-hetero) is 1. The maximum Gasteiger partial charge on any atom is 0.309 e. The number of allylic oxidation sites excluding steroid dienone is 1. The first kappa shape index (κ1) is 18.8. The van der Waals surface area contributed by atoms with Gasteiger partial charge < -0.3 is 20.1 Å². The predicted molar refractivity (Wildman–Crippen MR) is 96.4 cm³/mol. The molecule has 0 aromatic heterocycles. The lowest BCUT2D eigenvalue weighted by atomic mass is 9.63. The minimum absolute atomic E-state index is 0.00179. The van der Waals surface area contributed by atoms with E-state index in [9.17, 15) is 24.9 Å². The summed E-state index contributed by atoms with van der Waals surface area (Å²) in [6.07, 6.45) is 1.38. The summed E-state index contributed by atoms with van der Waals surface area (Å²) < 4.78 is 4.74. The van der Waals surface area contributed by atoms with Crippen LogP contribution >= 0.6 is 0 Å². The van der Waals surface area contributed by atoms with Crippen molar-refractivity contribution in [3.63, 3.8) is 0 Å². The standard InChI is InChI=1S/C21H28O6/c1-10-9-20-6-5-13-15(19(13,2)3)12(18(20)25)7-11(8-14(22)27-4)17(24)21(20,26)16(10)23/h7,9,12-13,15-17,23-24,26H,5-6,8H2,1-4H3/t12-,13-,15+,16+,17-,20-,21-/m1/s1. The molecule has 3 N–H and O–H groups in total. The third-order valence-corrected chi connectivity index (χ3v) is 7.89. The maximum absolute atomic E-state index is 13.7. The highest BCUT2D eigenvalue weighted by Gasteiger charge is 2.73. The summed E-state index contributed by atoms with van der Waals surface area (Å²) in [6.45, 7) is 5.94. The van der Waals surface area contributed by atoms with Gasteiger partial charge in [0.1, 0.15) is 17.8 Å². The van der Waals surface area contributed by atoms with Crippen LogP contribution in [0, 0.1) is 28.6 Å². The number of ketones is 1. The van der Waals surface area contributed by atoms with E-state index in [-0.39, 0.29) is 29.1 Å². The third kappa shape index (κ3) is 2.12. The Hall–Kier alpha value is -1.50. The second-order valence-corrected chi connectivity index (χ2v) is 9.37. The van der Waals surface area contributed by atoms with Crippen molar-refractivity contribution in [2.45, 2.75) is 57.8 Å². The number of hydrogen-bond donors (Lipinski definition) is 3. The lowest BCUT2D eigenvalue weighted by Crippen LogP contribution is -2.62. The number of fused-ring (bicyclic) bond motifs is 3. The van der Waals surface area contributed by atoms with Crippen LogP contribution in [0.25, 0.3) is 0 Å². The van der Waals surface area contributed by atoms with Crippen LogP contribution in [0.3, 0.4) is 0 Å². The summed E-state index contributed by atoms with van der Waals surface area (Å²) in [7, 11) is 1.26. The molecule has 2 saturated carbocycles. The summed E-state index contributed by atoms with van der Waals surface area (Å²) in [4.78, 5) is 25.7. The minimum Gasteiger partial charge on any atom is -0.469 e. The van der Waals surface area contributed by atoms with Crippen molar-refractivity contribution < 1.29 is 29.6 Å². The van der Waals surface area contributed by atoms with Crippen molar-refractivity contribution in [2.75, 3.05) is 7.11 Å². The maximum atomic E-state index is 13.7. The van der Waals surface area contributed by atoms with Crippen LogP contribution in [0.1, 0.15) is 40.0 Å². The fraction of sp³-hybridized carbons (Fsp3) is 0.714. The molecule has 4 aliphatic rings. The number of esters is 1. The van der Waals surface area contributed by atoms with E-state index < -0.39 is 35.1 Å². The van der Waals surface area contributed by atoms with Gasteiger partial charge in [-0.1, -0.05) is 26.0 Å². The minimum atomic E-state index is -2.07. The molecule has 0 radical (unpaired) electrons. The average Bonchev–Trinajstić information content (AvgIpc) is 3.15. The second-order valence-electron chi connectivity index (χ2n) is 9.37. The first-order valence-electron chi connectivity index (χ1n) is 9.62. The largest absolute Gasteiger partial charge is 0.469 e. The first-order valence-corrected chi connectivity index (χ1v) is 9.62. The topological polar surface area (TPSA) is 104 Å². The molecule has 6 nitrogen and oxygen atoms in total. The Labute approximate surface area is 158 Å². The van der Waals surface area contributed by atoms with Crippen LogP contribution in [0.5, 0.6) is 0 Å². The molecule has 0 heterocycles. The zero-order valence-corrected chi connectivity index (χ0v) is 16.2. The first-order chi connectivity index (χ1) is 12.5. The molecule has 0 unspecified atom stereocenters. The van der Waals surface area contributed by atoms with Gasteiger partial charge in [-0.05, 0) is 48.2 Å².